The van der Waals surface area contributed by atoms with Crippen molar-refractivity contribution >= 4 is 18.2 Å². The van der Waals surface area contributed by atoms with Crippen molar-refractivity contribution in [3.63, 3.8) is 0 Å². The lowest BCUT2D eigenvalue weighted by Crippen LogP contribution is -2.45. The molecule has 5 heteroatoms. The molecule has 6 unspecified atom stereocenters. The van der Waals surface area contributed by atoms with Crippen LogP contribution in [0.25, 0.3) is 0 Å². The quantitative estimate of drug-likeness (QED) is 0.354. The molecule has 0 N–H and O–H groups in total. The highest BCUT2D eigenvalue weighted by Crippen LogP contribution is 2.49. The Balaban J connectivity index is 2.50. The van der Waals surface area contributed by atoms with Crippen molar-refractivity contribution in [2.24, 2.45) is 23.7 Å². The number of carbonyl (C=O) groups excluding carboxylic acids is 3. The van der Waals surface area contributed by atoms with E-state index in [1.165, 1.54) is 19.4 Å². The highest BCUT2D eigenvalue weighted by atomic mass is 16.6. The van der Waals surface area contributed by atoms with E-state index >= 15 is 0 Å². The van der Waals surface area contributed by atoms with Gasteiger partial charge in [-0.05, 0) is 44.6 Å². The molecule has 0 aromatic rings. The van der Waals surface area contributed by atoms with Crippen LogP contribution in [-0.4, -0.2) is 30.4 Å². The molecule has 1 fully saturated rings. The van der Waals surface area contributed by atoms with Crippen molar-refractivity contribution in [1.29, 1.82) is 0 Å². The molecule has 0 aromatic heterocycles. The van der Waals surface area contributed by atoms with Gasteiger partial charge in [0.05, 0.1) is 0 Å². The number of hydrogen-bond donors (Lipinski definition) is 0. The van der Waals surface area contributed by atoms with Gasteiger partial charge in [-0.2, -0.15) is 0 Å². The number of carbonyl (C=O) groups is 3. The van der Waals surface area contributed by atoms with E-state index in [0.717, 1.165) is 24.7 Å². The van der Waals surface area contributed by atoms with Crippen molar-refractivity contribution in [3.05, 3.63) is 35.5 Å². The average Bonchev–Trinajstić information content (AvgIpc) is 2.67. The first-order valence-electron chi connectivity index (χ1n) is 10.5. The van der Waals surface area contributed by atoms with Gasteiger partial charge in [-0.3, -0.25) is 14.4 Å². The van der Waals surface area contributed by atoms with Gasteiger partial charge in [-0.1, -0.05) is 36.8 Å². The number of hydrogen-bond acceptors (Lipinski definition) is 5. The first kappa shape index (κ1) is 23.1. The van der Waals surface area contributed by atoms with Crippen LogP contribution in [0, 0.1) is 23.7 Å². The van der Waals surface area contributed by atoms with Crippen molar-refractivity contribution in [2.75, 3.05) is 0 Å². The Morgan fingerprint density at radius 2 is 1.86 bits per heavy atom. The van der Waals surface area contributed by atoms with Crippen LogP contribution < -0.4 is 0 Å². The lowest BCUT2D eigenvalue weighted by molar-refractivity contribution is -0.159. The van der Waals surface area contributed by atoms with E-state index in [9.17, 15) is 14.4 Å². The van der Waals surface area contributed by atoms with E-state index in [1.54, 1.807) is 0 Å². The summed E-state index contributed by atoms with van der Waals surface area (Å²) in [5, 5.41) is 0. The summed E-state index contributed by atoms with van der Waals surface area (Å²) in [7, 11) is 0. The Morgan fingerprint density at radius 1 is 1.21 bits per heavy atom. The van der Waals surface area contributed by atoms with Gasteiger partial charge in [-0.25, -0.2) is 0 Å². The SMILES string of the molecule is C=C1CC(OC(C)=O)C(C(C)CCC=C(C)C)C2C(C=O)=CCC1C2OC(C)=O. The molecule has 0 spiro atoms. The molecule has 0 aromatic carbocycles. The van der Waals surface area contributed by atoms with E-state index in [-0.39, 0.29) is 35.6 Å². The predicted octanol–water partition coefficient (Wildman–Crippen LogP) is 4.57. The van der Waals surface area contributed by atoms with Gasteiger partial charge in [0.2, 0.25) is 0 Å². The summed E-state index contributed by atoms with van der Waals surface area (Å²) in [6, 6.07) is 0. The Labute approximate surface area is 174 Å². The first-order chi connectivity index (χ1) is 13.6. The number of fused-ring (bicyclic) bond motifs is 2. The molecule has 29 heavy (non-hydrogen) atoms. The minimum absolute atomic E-state index is 0.0689. The Bertz CT molecular complexity index is 713. The molecule has 2 aliphatic carbocycles. The standard InChI is InChI=1S/C24H34O5/c1-14(2)8-7-9-15(3)22-21(28-17(5)26)12-16(4)20-11-10-19(13-25)23(22)24(20)29-18(6)27/h8,10,13,15,20-24H,4,7,9,11-12H2,1-3,5-6H3. The van der Waals surface area contributed by atoms with Crippen LogP contribution in [0.15, 0.2) is 35.5 Å². The third-order valence-electron chi connectivity index (χ3n) is 6.16. The summed E-state index contributed by atoms with van der Waals surface area (Å²) < 4.78 is 11.5. The second-order valence-corrected chi connectivity index (χ2v) is 8.69. The Hall–Kier alpha value is -2.17. The van der Waals surface area contributed by atoms with Gasteiger partial charge < -0.3 is 9.47 Å². The first-order valence-corrected chi connectivity index (χ1v) is 10.5. The topological polar surface area (TPSA) is 69.7 Å². The summed E-state index contributed by atoms with van der Waals surface area (Å²) in [6.07, 6.45) is 7.08. The number of aldehydes is 1. The molecule has 1 saturated carbocycles. The number of esters is 2. The van der Waals surface area contributed by atoms with Crippen LogP contribution >= 0.6 is 0 Å². The zero-order valence-corrected chi connectivity index (χ0v) is 18.3. The van der Waals surface area contributed by atoms with E-state index in [1.807, 2.05) is 6.08 Å². The van der Waals surface area contributed by atoms with Crippen LogP contribution in [0.1, 0.15) is 60.3 Å². The fourth-order valence-electron chi connectivity index (χ4n) is 4.95. The highest BCUT2D eigenvalue weighted by molar-refractivity contribution is 5.75. The summed E-state index contributed by atoms with van der Waals surface area (Å²) in [4.78, 5) is 35.7. The second-order valence-electron chi connectivity index (χ2n) is 8.69. The van der Waals surface area contributed by atoms with Crippen LogP contribution in [0.4, 0.5) is 0 Å². The minimum Gasteiger partial charge on any atom is -0.462 e. The smallest absolute Gasteiger partial charge is 0.302 e. The van der Waals surface area contributed by atoms with Gasteiger partial charge in [0.25, 0.3) is 0 Å². The van der Waals surface area contributed by atoms with E-state index in [2.05, 4.69) is 33.4 Å². The average molecular weight is 403 g/mol. The second kappa shape index (κ2) is 10.0. The van der Waals surface area contributed by atoms with E-state index in [0.29, 0.717) is 18.4 Å². The van der Waals surface area contributed by atoms with E-state index < -0.39 is 12.2 Å². The van der Waals surface area contributed by atoms with Gasteiger partial charge >= 0.3 is 11.9 Å². The van der Waals surface area contributed by atoms with Crippen LogP contribution in [0.2, 0.25) is 0 Å². The zero-order valence-electron chi connectivity index (χ0n) is 18.3. The van der Waals surface area contributed by atoms with Crippen molar-refractivity contribution in [1.82, 2.24) is 0 Å². The van der Waals surface area contributed by atoms with Gasteiger partial charge in [0.15, 0.2) is 0 Å². The van der Waals surface area contributed by atoms with Crippen molar-refractivity contribution in [2.45, 2.75) is 72.5 Å². The van der Waals surface area contributed by atoms with Crippen LogP contribution in [0.3, 0.4) is 0 Å². The fourth-order valence-corrected chi connectivity index (χ4v) is 4.95. The lowest BCUT2D eigenvalue weighted by Gasteiger charge is -2.41. The molecule has 5 nitrogen and oxygen atoms in total. The molecule has 0 amide bonds. The maximum atomic E-state index is 11.9. The maximum absolute atomic E-state index is 11.9. The normalized spacial score (nSPS) is 29.8. The molecule has 0 saturated heterocycles. The maximum Gasteiger partial charge on any atom is 0.302 e. The van der Waals surface area contributed by atoms with Crippen molar-refractivity contribution < 1.29 is 23.9 Å². The summed E-state index contributed by atoms with van der Waals surface area (Å²) in [5.41, 5.74) is 2.80. The molecule has 2 rings (SSSR count). The minimum atomic E-state index is -0.457. The molecule has 2 bridgehead atoms. The predicted molar refractivity (Wildman–Crippen MR) is 112 cm³/mol. The molecule has 160 valence electrons. The molecule has 6 atom stereocenters. The fraction of sp³-hybridized carbons (Fsp3) is 0.625. The highest BCUT2D eigenvalue weighted by Gasteiger charge is 2.50. The number of ether oxygens (including phenoxy) is 2. The molecule has 0 radical (unpaired) electrons. The van der Waals surface area contributed by atoms with Gasteiger partial charge in [0.1, 0.15) is 18.5 Å². The molecule has 0 aliphatic heterocycles. The zero-order chi connectivity index (χ0) is 21.7. The Kier molecular flexibility index (Phi) is 8.00. The summed E-state index contributed by atoms with van der Waals surface area (Å²) in [5.74, 6) is -1.06. The molecular formula is C24H34O5. The van der Waals surface area contributed by atoms with E-state index in [4.69, 9.17) is 9.47 Å². The molecular weight excluding hydrogens is 368 g/mol. The third-order valence-corrected chi connectivity index (χ3v) is 6.16. The van der Waals surface area contributed by atoms with Crippen molar-refractivity contribution in [3.8, 4) is 0 Å². The van der Waals surface area contributed by atoms with Gasteiger partial charge in [0, 0.05) is 38.0 Å². The molecule has 2 aliphatic rings. The van der Waals surface area contributed by atoms with Gasteiger partial charge in [-0.15, -0.1) is 0 Å². The monoisotopic (exact) mass is 402 g/mol. The lowest BCUT2D eigenvalue weighted by atomic mass is 9.68. The summed E-state index contributed by atoms with van der Waals surface area (Å²) >= 11 is 0. The third kappa shape index (κ3) is 5.68. The number of allylic oxidation sites excluding steroid dienone is 3. The largest absolute Gasteiger partial charge is 0.462 e. The Morgan fingerprint density at radius 3 is 2.41 bits per heavy atom. The van der Waals surface area contributed by atoms with Crippen LogP contribution in [0.5, 0.6) is 0 Å². The number of rotatable bonds is 7. The summed E-state index contributed by atoms with van der Waals surface area (Å²) in [6.45, 7) is 13.3. The van der Waals surface area contributed by atoms with Crippen LogP contribution in [-0.2, 0) is 23.9 Å². The molecule has 0 heterocycles.